The number of hydrogen-bond donors (Lipinski definition) is 1. The summed E-state index contributed by atoms with van der Waals surface area (Å²) in [4.78, 5) is 11.8. The molecule has 1 aliphatic carbocycles. The lowest BCUT2D eigenvalue weighted by Gasteiger charge is -2.33. The second kappa shape index (κ2) is 6.39. The first-order chi connectivity index (χ1) is 8.54. The maximum absolute atomic E-state index is 11.8. The SMILES string of the molecule is CC.CC1=C(C#CC(C)(C)C)C(C)(C)CC(O)C1=O. The van der Waals surface area contributed by atoms with Crippen LogP contribution in [0.2, 0.25) is 0 Å². The van der Waals surface area contributed by atoms with E-state index in [0.29, 0.717) is 12.0 Å². The fraction of sp³-hybridized carbons (Fsp3) is 0.706. The van der Waals surface area contributed by atoms with E-state index in [0.717, 1.165) is 5.57 Å². The number of carbonyl (C=O) groups excluding carboxylic acids is 1. The van der Waals surface area contributed by atoms with Crippen LogP contribution in [0.3, 0.4) is 0 Å². The van der Waals surface area contributed by atoms with Gasteiger partial charge in [-0.05, 0) is 34.1 Å². The summed E-state index contributed by atoms with van der Waals surface area (Å²) in [6.45, 7) is 15.9. The Labute approximate surface area is 118 Å². The van der Waals surface area contributed by atoms with Crippen molar-refractivity contribution in [2.75, 3.05) is 0 Å². The molecule has 0 aliphatic heterocycles. The van der Waals surface area contributed by atoms with Crippen molar-refractivity contribution in [2.45, 2.75) is 67.9 Å². The van der Waals surface area contributed by atoms with Gasteiger partial charge in [-0.2, -0.15) is 0 Å². The summed E-state index contributed by atoms with van der Waals surface area (Å²) in [5, 5.41) is 9.70. The van der Waals surface area contributed by atoms with E-state index in [9.17, 15) is 9.90 Å². The quantitative estimate of drug-likeness (QED) is 0.677. The zero-order chi connectivity index (χ0) is 15.4. The number of allylic oxidation sites excluding steroid dienone is 1. The van der Waals surface area contributed by atoms with E-state index in [4.69, 9.17) is 0 Å². The van der Waals surface area contributed by atoms with Gasteiger partial charge in [-0.25, -0.2) is 0 Å². The largest absolute Gasteiger partial charge is 0.385 e. The van der Waals surface area contributed by atoms with Crippen LogP contribution in [-0.4, -0.2) is 17.0 Å². The number of rotatable bonds is 0. The van der Waals surface area contributed by atoms with Crippen molar-refractivity contribution >= 4 is 5.78 Å². The molecule has 108 valence electrons. The molecule has 0 aromatic heterocycles. The fourth-order valence-corrected chi connectivity index (χ4v) is 2.07. The van der Waals surface area contributed by atoms with Gasteiger partial charge in [0, 0.05) is 22.0 Å². The van der Waals surface area contributed by atoms with Crippen LogP contribution in [0.4, 0.5) is 0 Å². The van der Waals surface area contributed by atoms with Crippen molar-refractivity contribution in [3.05, 3.63) is 11.1 Å². The Kier molecular flexibility index (Phi) is 6.03. The van der Waals surface area contributed by atoms with E-state index in [2.05, 4.69) is 11.8 Å². The maximum atomic E-state index is 11.8. The lowest BCUT2D eigenvalue weighted by Crippen LogP contribution is -2.35. The van der Waals surface area contributed by atoms with Crippen molar-refractivity contribution in [2.24, 2.45) is 10.8 Å². The van der Waals surface area contributed by atoms with Crippen LogP contribution in [0, 0.1) is 22.7 Å². The van der Waals surface area contributed by atoms with Gasteiger partial charge < -0.3 is 5.11 Å². The van der Waals surface area contributed by atoms with E-state index >= 15 is 0 Å². The molecule has 0 aromatic carbocycles. The van der Waals surface area contributed by atoms with Crippen LogP contribution in [0.15, 0.2) is 11.1 Å². The molecule has 1 atom stereocenters. The highest BCUT2D eigenvalue weighted by Crippen LogP contribution is 2.38. The molecule has 0 saturated heterocycles. The smallest absolute Gasteiger partial charge is 0.187 e. The van der Waals surface area contributed by atoms with Gasteiger partial charge in [-0.3, -0.25) is 4.79 Å². The molecule has 1 N–H and O–H groups in total. The number of aliphatic hydroxyl groups is 1. The normalized spacial score (nSPS) is 22.2. The number of ketones is 1. The van der Waals surface area contributed by atoms with Gasteiger partial charge in [0.25, 0.3) is 0 Å². The lowest BCUT2D eigenvalue weighted by atomic mass is 9.71. The molecule has 19 heavy (non-hydrogen) atoms. The summed E-state index contributed by atoms with van der Waals surface area (Å²) < 4.78 is 0. The molecule has 2 heteroatoms. The monoisotopic (exact) mass is 264 g/mol. The Balaban J connectivity index is 0.00000154. The molecule has 0 spiro atoms. The van der Waals surface area contributed by atoms with Crippen LogP contribution < -0.4 is 0 Å². The molecular weight excluding hydrogens is 236 g/mol. The summed E-state index contributed by atoms with van der Waals surface area (Å²) in [5.74, 6) is 6.14. The van der Waals surface area contributed by atoms with Gasteiger partial charge in [0.05, 0.1) is 0 Å². The summed E-state index contributed by atoms with van der Waals surface area (Å²) in [7, 11) is 0. The third-order valence-electron chi connectivity index (χ3n) is 2.99. The van der Waals surface area contributed by atoms with Gasteiger partial charge in [0.15, 0.2) is 5.78 Å². The predicted octanol–water partition coefficient (Wildman–Crippen LogP) is 3.74. The highest BCUT2D eigenvalue weighted by Gasteiger charge is 2.37. The van der Waals surface area contributed by atoms with Crippen molar-refractivity contribution in [3.63, 3.8) is 0 Å². The van der Waals surface area contributed by atoms with Crippen LogP contribution in [0.5, 0.6) is 0 Å². The van der Waals surface area contributed by atoms with E-state index in [1.165, 1.54) is 0 Å². The Morgan fingerprint density at radius 3 is 2.16 bits per heavy atom. The van der Waals surface area contributed by atoms with Gasteiger partial charge in [0.2, 0.25) is 0 Å². The summed E-state index contributed by atoms with van der Waals surface area (Å²) in [6.07, 6.45) is -0.415. The van der Waals surface area contributed by atoms with Gasteiger partial charge >= 0.3 is 0 Å². The second-order valence-corrected chi connectivity index (χ2v) is 6.47. The Morgan fingerprint density at radius 2 is 1.74 bits per heavy atom. The van der Waals surface area contributed by atoms with Crippen molar-refractivity contribution in [1.29, 1.82) is 0 Å². The molecule has 0 saturated carbocycles. The number of Topliss-reactive ketones (excluding diaryl/α,β-unsaturated/α-hetero) is 1. The zero-order valence-electron chi connectivity index (χ0n) is 13.6. The highest BCUT2D eigenvalue weighted by molar-refractivity contribution is 6.00. The second-order valence-electron chi connectivity index (χ2n) is 6.47. The van der Waals surface area contributed by atoms with Crippen LogP contribution >= 0.6 is 0 Å². The average Bonchev–Trinajstić information content (AvgIpc) is 2.26. The molecule has 0 amide bonds. The Bertz CT molecular complexity index is 422. The van der Waals surface area contributed by atoms with E-state index in [-0.39, 0.29) is 16.6 Å². The minimum atomic E-state index is -0.870. The average molecular weight is 264 g/mol. The standard InChI is InChI=1S/C15H22O2.C2H6/c1-10-11(7-8-14(2,3)4)15(5,6)9-12(16)13(10)17;1-2/h12,16H,9H2,1-6H3;1-2H3. The minimum Gasteiger partial charge on any atom is -0.385 e. The molecule has 1 aliphatic rings. The molecule has 2 nitrogen and oxygen atoms in total. The minimum absolute atomic E-state index is 0.0809. The summed E-state index contributed by atoms with van der Waals surface area (Å²) >= 11 is 0. The van der Waals surface area contributed by atoms with Crippen molar-refractivity contribution in [1.82, 2.24) is 0 Å². The molecule has 0 heterocycles. The molecule has 1 rings (SSSR count). The first kappa shape index (κ1) is 17.9. The number of carbonyl (C=O) groups is 1. The van der Waals surface area contributed by atoms with Crippen molar-refractivity contribution in [3.8, 4) is 11.8 Å². The van der Waals surface area contributed by atoms with Crippen LogP contribution in [-0.2, 0) is 4.79 Å². The van der Waals surface area contributed by atoms with Gasteiger partial charge in [-0.1, -0.05) is 39.5 Å². The molecule has 0 radical (unpaired) electrons. The topological polar surface area (TPSA) is 37.3 Å². The Hall–Kier alpha value is -1.07. The van der Waals surface area contributed by atoms with Gasteiger partial charge in [0.1, 0.15) is 6.10 Å². The van der Waals surface area contributed by atoms with E-state index < -0.39 is 6.10 Å². The van der Waals surface area contributed by atoms with E-state index in [1.54, 1.807) is 6.92 Å². The lowest BCUT2D eigenvalue weighted by molar-refractivity contribution is -0.125. The maximum Gasteiger partial charge on any atom is 0.187 e. The van der Waals surface area contributed by atoms with E-state index in [1.807, 2.05) is 48.5 Å². The third kappa shape index (κ3) is 4.84. The third-order valence-corrected chi connectivity index (χ3v) is 2.99. The molecule has 0 aromatic rings. The van der Waals surface area contributed by atoms with Crippen LogP contribution in [0.25, 0.3) is 0 Å². The first-order valence-electron chi connectivity index (χ1n) is 7.01. The highest BCUT2D eigenvalue weighted by atomic mass is 16.3. The fourth-order valence-electron chi connectivity index (χ4n) is 2.07. The number of hydrogen-bond acceptors (Lipinski definition) is 2. The summed E-state index contributed by atoms with van der Waals surface area (Å²) in [6, 6.07) is 0. The molecule has 0 fully saturated rings. The summed E-state index contributed by atoms with van der Waals surface area (Å²) in [5.41, 5.74) is 1.19. The molecular formula is C17H28O2. The first-order valence-corrected chi connectivity index (χ1v) is 7.01. The van der Waals surface area contributed by atoms with Crippen molar-refractivity contribution < 1.29 is 9.90 Å². The Morgan fingerprint density at radius 1 is 1.26 bits per heavy atom. The van der Waals surface area contributed by atoms with Gasteiger partial charge in [-0.15, -0.1) is 0 Å². The van der Waals surface area contributed by atoms with Crippen LogP contribution in [0.1, 0.15) is 61.8 Å². The zero-order valence-corrected chi connectivity index (χ0v) is 13.6. The molecule has 0 bridgehead atoms. The number of aliphatic hydroxyl groups excluding tert-OH is 1. The predicted molar refractivity (Wildman–Crippen MR) is 80.7 cm³/mol. The molecule has 1 unspecified atom stereocenters.